The molecule has 1 unspecified atom stereocenters. The summed E-state index contributed by atoms with van der Waals surface area (Å²) in [7, 11) is 1.69. The molecule has 2 rings (SSSR count). The first-order chi connectivity index (χ1) is 10.7. The minimum Gasteiger partial charge on any atom is -0.385 e. The van der Waals surface area contributed by atoms with Gasteiger partial charge >= 0.3 is 0 Å². The van der Waals surface area contributed by atoms with Crippen molar-refractivity contribution in [3.05, 3.63) is 42.1 Å². The first-order valence-corrected chi connectivity index (χ1v) is 7.77. The second-order valence-corrected chi connectivity index (χ2v) is 6.04. The van der Waals surface area contributed by atoms with Crippen LogP contribution in [0.3, 0.4) is 0 Å². The van der Waals surface area contributed by atoms with E-state index in [1.54, 1.807) is 13.2 Å². The maximum Gasteiger partial charge on any atom is 0.143 e. The van der Waals surface area contributed by atoms with Crippen molar-refractivity contribution in [2.24, 2.45) is 5.92 Å². The summed E-state index contributed by atoms with van der Waals surface area (Å²) in [5.74, 6) is 0.237. The quantitative estimate of drug-likeness (QED) is 0.451. The molecule has 1 heterocycles. The largest absolute Gasteiger partial charge is 0.385 e. The third kappa shape index (κ3) is 4.12. The van der Waals surface area contributed by atoms with Crippen LogP contribution in [0.4, 0.5) is 0 Å². The highest BCUT2D eigenvalue weighted by Gasteiger charge is 2.15. The lowest BCUT2D eigenvalue weighted by Gasteiger charge is -2.17. The molecule has 0 saturated carbocycles. The summed E-state index contributed by atoms with van der Waals surface area (Å²) >= 11 is 5.37. The number of carbonyl (C=O) groups excluding carboxylic acids is 1. The molecule has 3 nitrogen and oxygen atoms in total. The van der Waals surface area contributed by atoms with Crippen LogP contribution in [0.2, 0.25) is 0 Å². The Hall–Kier alpha value is -1.78. The highest BCUT2D eigenvalue weighted by molar-refractivity contribution is 7.80. The molecule has 0 fully saturated rings. The molecule has 0 radical (unpaired) electrons. The van der Waals surface area contributed by atoms with Gasteiger partial charge in [0.1, 0.15) is 6.29 Å². The summed E-state index contributed by atoms with van der Waals surface area (Å²) in [6.07, 6.45) is 6.03. The minimum absolute atomic E-state index is 0.237. The number of fused-ring (bicyclic) bond motifs is 1. The molecule has 0 saturated heterocycles. The first kappa shape index (κ1) is 16.6. The van der Waals surface area contributed by atoms with Gasteiger partial charge in [0.2, 0.25) is 0 Å². The third-order valence-corrected chi connectivity index (χ3v) is 4.24. The van der Waals surface area contributed by atoms with Crippen LogP contribution in [-0.2, 0) is 9.53 Å². The van der Waals surface area contributed by atoms with Crippen molar-refractivity contribution in [2.75, 3.05) is 13.7 Å². The van der Waals surface area contributed by atoms with Gasteiger partial charge < -0.3 is 9.72 Å². The molecule has 0 bridgehead atoms. The second kappa shape index (κ2) is 8.01. The lowest BCUT2D eigenvalue weighted by atomic mass is 9.90. The molecule has 0 amide bonds. The molecule has 0 aliphatic rings. The van der Waals surface area contributed by atoms with Gasteiger partial charge in [-0.1, -0.05) is 24.4 Å². The van der Waals surface area contributed by atoms with Crippen molar-refractivity contribution in [3.8, 4) is 0 Å². The van der Waals surface area contributed by atoms with E-state index in [2.05, 4.69) is 23.2 Å². The van der Waals surface area contributed by atoms with E-state index in [1.807, 2.05) is 19.2 Å². The van der Waals surface area contributed by atoms with Crippen LogP contribution < -0.4 is 0 Å². The van der Waals surface area contributed by atoms with E-state index in [0.29, 0.717) is 6.61 Å². The van der Waals surface area contributed by atoms with E-state index in [9.17, 15) is 4.79 Å². The number of aldehydes is 1. The van der Waals surface area contributed by atoms with Gasteiger partial charge in [-0.2, -0.15) is 0 Å². The molecule has 0 aliphatic heterocycles. The predicted molar refractivity (Wildman–Crippen MR) is 95.2 cm³/mol. The molecule has 1 aromatic carbocycles. The summed E-state index contributed by atoms with van der Waals surface area (Å²) in [5.41, 5.74) is 3.14. The molecule has 22 heavy (non-hydrogen) atoms. The van der Waals surface area contributed by atoms with Gasteiger partial charge in [-0.15, -0.1) is 0 Å². The molecule has 1 atom stereocenters. The monoisotopic (exact) mass is 315 g/mol. The van der Waals surface area contributed by atoms with E-state index in [1.165, 1.54) is 0 Å². The van der Waals surface area contributed by atoms with Crippen molar-refractivity contribution >= 4 is 39.8 Å². The van der Waals surface area contributed by atoms with Crippen molar-refractivity contribution in [1.29, 1.82) is 0 Å². The molecular formula is C18H21NO2S. The van der Waals surface area contributed by atoms with Crippen LogP contribution >= 0.6 is 12.2 Å². The maximum atomic E-state index is 11.0. The van der Waals surface area contributed by atoms with E-state index in [0.717, 1.165) is 46.0 Å². The third-order valence-electron chi connectivity index (χ3n) is 3.91. The Morgan fingerprint density at radius 1 is 1.41 bits per heavy atom. The SMILES string of the molecule is COCCC(C/C(=C\C=O)c1ccc2cc[nH]c2c1)C(C)=S. The molecule has 0 aliphatic carbocycles. The average Bonchev–Trinajstić information content (AvgIpc) is 2.97. The van der Waals surface area contributed by atoms with Crippen LogP contribution in [0.15, 0.2) is 36.5 Å². The maximum absolute atomic E-state index is 11.0. The number of nitrogens with one attached hydrogen (secondary N) is 1. The molecular weight excluding hydrogens is 294 g/mol. The number of rotatable bonds is 8. The number of aromatic amines is 1. The second-order valence-electron chi connectivity index (χ2n) is 5.40. The van der Waals surface area contributed by atoms with Gasteiger partial charge in [-0.3, -0.25) is 4.79 Å². The Morgan fingerprint density at radius 3 is 2.91 bits per heavy atom. The summed E-state index contributed by atoms with van der Waals surface area (Å²) in [6.45, 7) is 2.63. The fourth-order valence-corrected chi connectivity index (χ4v) is 2.79. The van der Waals surface area contributed by atoms with Crippen LogP contribution in [0, 0.1) is 5.92 Å². The normalized spacial score (nSPS) is 13.3. The first-order valence-electron chi connectivity index (χ1n) is 7.37. The minimum atomic E-state index is 0.237. The Bertz CT molecular complexity index is 687. The lowest BCUT2D eigenvalue weighted by molar-refractivity contribution is -0.104. The van der Waals surface area contributed by atoms with Gasteiger partial charge in [0, 0.05) is 25.4 Å². The fourth-order valence-electron chi connectivity index (χ4n) is 2.59. The van der Waals surface area contributed by atoms with E-state index >= 15 is 0 Å². The van der Waals surface area contributed by atoms with Crippen LogP contribution in [0.5, 0.6) is 0 Å². The zero-order valence-corrected chi connectivity index (χ0v) is 13.8. The highest BCUT2D eigenvalue weighted by Crippen LogP contribution is 2.27. The number of methoxy groups -OCH3 is 1. The van der Waals surface area contributed by atoms with Gasteiger partial charge in [-0.05, 0) is 65.3 Å². The number of benzene rings is 1. The summed E-state index contributed by atoms with van der Waals surface area (Å²) < 4.78 is 5.16. The molecule has 116 valence electrons. The lowest BCUT2D eigenvalue weighted by Crippen LogP contribution is -2.12. The average molecular weight is 315 g/mol. The van der Waals surface area contributed by atoms with Crippen molar-refractivity contribution in [2.45, 2.75) is 19.8 Å². The standard InChI is InChI=1S/C18H21NO2S/c1-13(22)15(7-10-21-2)11-17(6-9-20)16-4-3-14-5-8-19-18(14)12-16/h3-6,8-9,12,15,19H,7,10-11H2,1-2H3/b17-6+. The van der Waals surface area contributed by atoms with Gasteiger partial charge in [0.05, 0.1) is 0 Å². The smallest absolute Gasteiger partial charge is 0.143 e. The molecule has 4 heteroatoms. The number of H-pyrrole nitrogens is 1. The number of allylic oxidation sites excluding steroid dienone is 2. The summed E-state index contributed by atoms with van der Waals surface area (Å²) in [6, 6.07) is 8.23. The summed E-state index contributed by atoms with van der Waals surface area (Å²) in [5, 5.41) is 1.16. The summed E-state index contributed by atoms with van der Waals surface area (Å²) in [4.78, 5) is 15.2. The zero-order chi connectivity index (χ0) is 15.9. The van der Waals surface area contributed by atoms with Crippen molar-refractivity contribution < 1.29 is 9.53 Å². The number of hydrogen-bond acceptors (Lipinski definition) is 3. The zero-order valence-electron chi connectivity index (χ0n) is 13.0. The van der Waals surface area contributed by atoms with E-state index in [4.69, 9.17) is 17.0 Å². The number of aromatic nitrogens is 1. The number of thiocarbonyl (C=S) groups is 1. The number of ether oxygens (including phenoxy) is 1. The van der Waals surface area contributed by atoms with E-state index < -0.39 is 0 Å². The molecule has 1 N–H and O–H groups in total. The number of hydrogen-bond donors (Lipinski definition) is 1. The highest BCUT2D eigenvalue weighted by atomic mass is 32.1. The Balaban J connectivity index is 2.26. The van der Waals surface area contributed by atoms with E-state index in [-0.39, 0.29) is 5.92 Å². The van der Waals surface area contributed by atoms with Gasteiger partial charge in [0.15, 0.2) is 0 Å². The van der Waals surface area contributed by atoms with Crippen molar-refractivity contribution in [3.63, 3.8) is 0 Å². The molecule has 2 aromatic rings. The van der Waals surface area contributed by atoms with Crippen LogP contribution in [0.1, 0.15) is 25.3 Å². The van der Waals surface area contributed by atoms with Gasteiger partial charge in [-0.25, -0.2) is 0 Å². The fraction of sp³-hybridized carbons (Fsp3) is 0.333. The Kier molecular flexibility index (Phi) is 6.04. The topological polar surface area (TPSA) is 42.1 Å². The Labute approximate surface area is 136 Å². The van der Waals surface area contributed by atoms with Crippen LogP contribution in [-0.4, -0.2) is 29.9 Å². The molecule has 1 aromatic heterocycles. The number of carbonyl (C=O) groups is 1. The van der Waals surface area contributed by atoms with Gasteiger partial charge in [0.25, 0.3) is 0 Å². The van der Waals surface area contributed by atoms with Crippen molar-refractivity contribution in [1.82, 2.24) is 4.98 Å². The molecule has 0 spiro atoms. The predicted octanol–water partition coefficient (Wildman–Crippen LogP) is 4.18. The Morgan fingerprint density at radius 2 is 2.23 bits per heavy atom. The van der Waals surface area contributed by atoms with Crippen LogP contribution in [0.25, 0.3) is 16.5 Å².